The van der Waals surface area contributed by atoms with Crippen LogP contribution in [0.4, 0.5) is 28.8 Å². The van der Waals surface area contributed by atoms with Gasteiger partial charge in [-0.25, -0.2) is 9.97 Å². The highest BCUT2D eigenvalue weighted by molar-refractivity contribution is 6.32. The largest absolute Gasteiger partial charge is 0.493 e. The van der Waals surface area contributed by atoms with E-state index < -0.39 is 0 Å². The Morgan fingerprint density at radius 2 is 2.03 bits per heavy atom. The summed E-state index contributed by atoms with van der Waals surface area (Å²) in [5.41, 5.74) is 5.85. The van der Waals surface area contributed by atoms with Gasteiger partial charge in [-0.3, -0.25) is 20.2 Å². The summed E-state index contributed by atoms with van der Waals surface area (Å²) >= 11 is 6.26. The first-order valence-electron chi connectivity index (χ1n) is 9.99. The van der Waals surface area contributed by atoms with E-state index in [0.717, 1.165) is 5.56 Å². The van der Waals surface area contributed by atoms with E-state index in [1.165, 1.54) is 12.1 Å². The lowest BCUT2D eigenvalue weighted by atomic mass is 10.2. The second-order valence-corrected chi connectivity index (χ2v) is 7.35. The number of nitrogens with zero attached hydrogens (tertiary/aromatic N) is 5. The third-order valence-corrected chi connectivity index (χ3v) is 5.00. The average molecular weight is 467 g/mol. The van der Waals surface area contributed by atoms with E-state index in [1.807, 2.05) is 19.9 Å². The number of nitrogens with one attached hydrogen (secondary N) is 3. The fourth-order valence-corrected chi connectivity index (χ4v) is 3.27. The van der Waals surface area contributed by atoms with Crippen molar-refractivity contribution in [1.29, 1.82) is 5.26 Å². The number of carbonyl (C=O) groups is 1. The monoisotopic (exact) mass is 466 g/mol. The van der Waals surface area contributed by atoms with Gasteiger partial charge in [0, 0.05) is 24.4 Å². The Balaban J connectivity index is 2.04. The molecule has 0 radical (unpaired) electrons. The number of benzene rings is 1. The number of hydrogen-bond donors (Lipinski definition) is 3. The van der Waals surface area contributed by atoms with Crippen LogP contribution in [0.3, 0.4) is 0 Å². The molecule has 0 unspecified atom stereocenters. The second kappa shape index (κ2) is 10.5. The number of hydrazine groups is 1. The molecule has 1 aromatic carbocycles. The van der Waals surface area contributed by atoms with Crippen LogP contribution in [-0.4, -0.2) is 40.5 Å². The lowest BCUT2D eigenvalue weighted by Gasteiger charge is -2.20. The van der Waals surface area contributed by atoms with Crippen LogP contribution in [-0.2, 0) is 11.2 Å². The van der Waals surface area contributed by atoms with Gasteiger partial charge in [0.15, 0.2) is 23.1 Å². The van der Waals surface area contributed by atoms with E-state index >= 15 is 0 Å². The van der Waals surface area contributed by atoms with Gasteiger partial charge in [-0.1, -0.05) is 24.6 Å². The predicted molar refractivity (Wildman–Crippen MR) is 127 cm³/mol. The summed E-state index contributed by atoms with van der Waals surface area (Å²) in [6, 6.07) is 9.19. The number of aryl methyl sites for hydroxylation is 1. The number of nitriles is 1. The summed E-state index contributed by atoms with van der Waals surface area (Å²) in [5.74, 6) is 1.69. The average Bonchev–Trinajstić information content (AvgIpc) is 2.81. The quantitative estimate of drug-likeness (QED) is 0.314. The molecule has 1 amide bonds. The first-order valence-corrected chi connectivity index (χ1v) is 10.4. The number of aromatic nitrogens is 3. The molecule has 0 saturated carbocycles. The van der Waals surface area contributed by atoms with Gasteiger partial charge in [-0.2, -0.15) is 5.26 Å². The molecule has 0 aliphatic heterocycles. The number of ether oxygens (including phenoxy) is 1. The molecule has 0 atom stereocenters. The molecule has 3 N–H and O–H groups in total. The third-order valence-electron chi connectivity index (χ3n) is 4.70. The number of halogens is 1. The number of methoxy groups -OCH3 is 1. The van der Waals surface area contributed by atoms with Gasteiger partial charge < -0.3 is 15.4 Å². The number of para-hydroxylation sites is 1. The van der Waals surface area contributed by atoms with Gasteiger partial charge in [-0.05, 0) is 25.5 Å². The van der Waals surface area contributed by atoms with Crippen molar-refractivity contribution in [2.75, 3.05) is 30.2 Å². The van der Waals surface area contributed by atoms with Crippen LogP contribution < -0.4 is 20.8 Å². The van der Waals surface area contributed by atoms with E-state index in [1.54, 1.807) is 31.4 Å². The molecule has 0 spiro atoms. The van der Waals surface area contributed by atoms with Crippen LogP contribution in [0.2, 0.25) is 5.02 Å². The Kier molecular flexibility index (Phi) is 7.48. The summed E-state index contributed by atoms with van der Waals surface area (Å²) in [4.78, 5) is 24.3. The molecule has 2 aromatic heterocycles. The molecule has 10 nitrogen and oxygen atoms in total. The predicted octanol–water partition coefficient (Wildman–Crippen LogP) is 4.18. The normalized spacial score (nSPS) is 10.2. The number of rotatable bonds is 9. The van der Waals surface area contributed by atoms with Crippen molar-refractivity contribution in [2.45, 2.75) is 20.3 Å². The van der Waals surface area contributed by atoms with Gasteiger partial charge in [0.25, 0.3) is 0 Å². The topological polar surface area (TPSA) is 128 Å². The lowest BCUT2D eigenvalue weighted by Crippen LogP contribution is -2.24. The first kappa shape index (κ1) is 23.6. The van der Waals surface area contributed by atoms with Gasteiger partial charge in [-0.15, -0.1) is 0 Å². The first-order chi connectivity index (χ1) is 15.9. The molecule has 3 rings (SSSR count). The van der Waals surface area contributed by atoms with Crippen LogP contribution >= 0.6 is 11.6 Å². The lowest BCUT2D eigenvalue weighted by molar-refractivity contribution is -0.115. The third kappa shape index (κ3) is 5.39. The maximum atomic E-state index is 11.1. The Morgan fingerprint density at radius 3 is 2.70 bits per heavy atom. The number of carbonyl (C=O) groups excluding carboxylic acids is 1. The van der Waals surface area contributed by atoms with Crippen molar-refractivity contribution in [3.05, 3.63) is 52.4 Å². The highest BCUT2D eigenvalue weighted by Crippen LogP contribution is 2.37. The van der Waals surface area contributed by atoms with E-state index in [4.69, 9.17) is 16.3 Å². The molecule has 170 valence electrons. The fraction of sp³-hybridized carbons (Fsp3) is 0.227. The van der Waals surface area contributed by atoms with E-state index in [0.29, 0.717) is 58.1 Å². The Hall–Kier alpha value is -4.10. The van der Waals surface area contributed by atoms with Gasteiger partial charge >= 0.3 is 0 Å². The van der Waals surface area contributed by atoms with Gasteiger partial charge in [0.2, 0.25) is 6.41 Å². The summed E-state index contributed by atoms with van der Waals surface area (Å²) in [6.07, 6.45) is 2.77. The van der Waals surface area contributed by atoms with Crippen LogP contribution in [0.5, 0.6) is 5.75 Å². The molecular weight excluding hydrogens is 444 g/mol. The molecule has 2 heterocycles. The minimum absolute atomic E-state index is 0.246. The molecule has 11 heteroatoms. The number of anilines is 5. The van der Waals surface area contributed by atoms with Crippen LogP contribution in [0.25, 0.3) is 0 Å². The highest BCUT2D eigenvalue weighted by Gasteiger charge is 2.15. The van der Waals surface area contributed by atoms with Gasteiger partial charge in [0.1, 0.15) is 11.9 Å². The van der Waals surface area contributed by atoms with Crippen molar-refractivity contribution in [3.63, 3.8) is 0 Å². The second-order valence-electron chi connectivity index (χ2n) is 6.94. The molecule has 3 aromatic rings. The van der Waals surface area contributed by atoms with Crippen LogP contribution in [0.1, 0.15) is 23.9 Å². The summed E-state index contributed by atoms with van der Waals surface area (Å²) in [6.45, 7) is 3.75. The minimum atomic E-state index is 0.246. The molecule has 33 heavy (non-hydrogen) atoms. The SMILES string of the molecule is CCc1ncc(Nc2cc(Nc3cccc(Cl)c3OC)c(C)c(NN(C)C=O)n2)nc1C#N. The summed E-state index contributed by atoms with van der Waals surface area (Å²) in [7, 11) is 3.10. The van der Waals surface area contributed by atoms with Crippen molar-refractivity contribution in [1.82, 2.24) is 20.0 Å². The van der Waals surface area contributed by atoms with Crippen molar-refractivity contribution in [2.24, 2.45) is 0 Å². The Bertz CT molecular complexity index is 1210. The molecule has 0 aliphatic carbocycles. The molecule has 0 aliphatic rings. The number of amides is 1. The standard InChI is InChI=1S/C22H23ClN8O2/c1-5-15-18(10-24)27-20(11-25-15)28-19-9-17(13(2)22(29-19)30-31(3)12-32)26-16-8-6-7-14(23)21(16)33-4/h6-9,11-12H,5H2,1-4H3,(H3,26,27,28,29,30). The molecule has 0 bridgehead atoms. The highest BCUT2D eigenvalue weighted by atomic mass is 35.5. The van der Waals surface area contributed by atoms with Crippen molar-refractivity contribution < 1.29 is 9.53 Å². The molecule has 0 saturated heterocycles. The zero-order chi connectivity index (χ0) is 24.0. The van der Waals surface area contributed by atoms with E-state index in [-0.39, 0.29) is 5.69 Å². The van der Waals surface area contributed by atoms with Crippen molar-refractivity contribution in [3.8, 4) is 11.8 Å². The minimum Gasteiger partial charge on any atom is -0.493 e. The summed E-state index contributed by atoms with van der Waals surface area (Å²) in [5, 5.41) is 17.4. The molecule has 0 fully saturated rings. The molecular formula is C22H23ClN8O2. The fourth-order valence-electron chi connectivity index (χ4n) is 3.02. The van der Waals surface area contributed by atoms with Crippen LogP contribution in [0, 0.1) is 18.3 Å². The number of hydrogen-bond acceptors (Lipinski definition) is 9. The Labute approximate surface area is 196 Å². The smallest absolute Gasteiger partial charge is 0.227 e. The Morgan fingerprint density at radius 1 is 1.24 bits per heavy atom. The van der Waals surface area contributed by atoms with Crippen molar-refractivity contribution >= 4 is 46.8 Å². The summed E-state index contributed by atoms with van der Waals surface area (Å²) < 4.78 is 5.43. The zero-order valence-electron chi connectivity index (χ0n) is 18.6. The number of pyridine rings is 1. The zero-order valence-corrected chi connectivity index (χ0v) is 19.4. The van der Waals surface area contributed by atoms with E-state index in [2.05, 4.69) is 37.1 Å². The van der Waals surface area contributed by atoms with E-state index in [9.17, 15) is 10.1 Å². The van der Waals surface area contributed by atoms with Gasteiger partial charge in [0.05, 0.1) is 29.7 Å². The maximum Gasteiger partial charge on any atom is 0.227 e. The maximum absolute atomic E-state index is 11.1. The van der Waals surface area contributed by atoms with Crippen LogP contribution in [0.15, 0.2) is 30.5 Å².